The number of hydrogen-bond donors (Lipinski definition) is 1. The second-order valence-electron chi connectivity index (χ2n) is 7.09. The van der Waals surface area contributed by atoms with Crippen LogP contribution in [0.4, 0.5) is 10.2 Å². The first-order chi connectivity index (χ1) is 14.2. The first-order valence-electron chi connectivity index (χ1n) is 9.39. The van der Waals surface area contributed by atoms with Crippen LogP contribution in [-0.2, 0) is 4.84 Å². The minimum absolute atomic E-state index is 0.0771. The van der Waals surface area contributed by atoms with Gasteiger partial charge in [-0.25, -0.2) is 4.39 Å². The van der Waals surface area contributed by atoms with Crippen LogP contribution in [0.5, 0.6) is 0 Å². The maximum absolute atomic E-state index is 13.2. The van der Waals surface area contributed by atoms with Crippen molar-refractivity contribution >= 4 is 20.6 Å². The van der Waals surface area contributed by atoms with Crippen molar-refractivity contribution in [2.45, 2.75) is 25.8 Å². The summed E-state index contributed by atoms with van der Waals surface area (Å²) >= 11 is -0.206. The molecular weight excluding hydrogens is 484 g/mol. The van der Waals surface area contributed by atoms with E-state index in [2.05, 4.69) is 29.5 Å². The molecule has 2 aromatic heterocycles. The third kappa shape index (κ3) is 3.93. The summed E-state index contributed by atoms with van der Waals surface area (Å²) in [4.78, 5) is 18.8. The zero-order valence-electron chi connectivity index (χ0n) is 15.6. The molecular formula is C21H18FIN5O-. The Bertz CT molecular complexity index is 1130. The maximum atomic E-state index is 13.2. The second kappa shape index (κ2) is 7.66. The van der Waals surface area contributed by atoms with E-state index < -0.39 is 0 Å². The third-order valence-electron chi connectivity index (χ3n) is 4.87. The van der Waals surface area contributed by atoms with Gasteiger partial charge < -0.3 is 0 Å². The van der Waals surface area contributed by atoms with Gasteiger partial charge in [0.25, 0.3) is 0 Å². The fourth-order valence-electron chi connectivity index (χ4n) is 3.04. The Labute approximate surface area is 177 Å². The molecule has 1 aliphatic heterocycles. The molecule has 5 rings (SSSR count). The Balaban J connectivity index is 1.40. The average Bonchev–Trinajstić information content (AvgIpc) is 3.60. The molecule has 1 fully saturated rings. The molecule has 1 N–H and O–H groups in total. The van der Waals surface area contributed by atoms with E-state index in [9.17, 15) is 4.39 Å². The van der Waals surface area contributed by atoms with Crippen LogP contribution in [-0.4, -0.2) is 24.7 Å². The number of aromatic nitrogens is 3. The quantitative estimate of drug-likeness (QED) is 0.534. The van der Waals surface area contributed by atoms with Gasteiger partial charge in [0, 0.05) is 0 Å². The fourth-order valence-corrected chi connectivity index (χ4v) is 5.66. The van der Waals surface area contributed by atoms with Gasteiger partial charge in [0.2, 0.25) is 0 Å². The van der Waals surface area contributed by atoms with Crippen LogP contribution in [0.15, 0.2) is 57.9 Å². The van der Waals surface area contributed by atoms with Crippen molar-refractivity contribution < 1.29 is 30.4 Å². The number of halogens is 2. The molecule has 0 amide bonds. The number of fused-ring (bicyclic) bond motifs is 1. The predicted molar refractivity (Wildman–Crippen MR) is 105 cm³/mol. The number of anilines is 1. The van der Waals surface area contributed by atoms with Gasteiger partial charge in [-0.2, -0.15) is 0 Å². The molecule has 0 spiro atoms. The molecule has 1 aliphatic carbocycles. The van der Waals surface area contributed by atoms with Gasteiger partial charge in [-0.1, -0.05) is 0 Å². The van der Waals surface area contributed by atoms with Gasteiger partial charge in [0.05, 0.1) is 0 Å². The van der Waals surface area contributed by atoms with Gasteiger partial charge in [0.15, 0.2) is 0 Å². The molecule has 1 saturated carbocycles. The van der Waals surface area contributed by atoms with E-state index in [1.165, 1.54) is 35.0 Å². The molecule has 0 bridgehead atoms. The molecule has 2 aliphatic rings. The normalized spacial score (nSPS) is 17.6. The summed E-state index contributed by atoms with van der Waals surface area (Å²) in [6.45, 7) is 2.03. The summed E-state index contributed by atoms with van der Waals surface area (Å²) in [5.74, 6) is 1.90. The molecule has 1 unspecified atom stereocenters. The van der Waals surface area contributed by atoms with E-state index >= 15 is 0 Å². The van der Waals surface area contributed by atoms with Gasteiger partial charge in [0.1, 0.15) is 0 Å². The fraction of sp³-hybridized carbons (Fsp3) is 0.238. The Hall–Kier alpha value is -2.62. The van der Waals surface area contributed by atoms with E-state index in [0.717, 1.165) is 22.3 Å². The monoisotopic (exact) mass is 502 g/mol. The van der Waals surface area contributed by atoms with Crippen LogP contribution >= 0.6 is 0 Å². The van der Waals surface area contributed by atoms with Crippen LogP contribution in [0.2, 0.25) is 0 Å². The van der Waals surface area contributed by atoms with Crippen LogP contribution in [0, 0.1) is 11.7 Å². The summed E-state index contributed by atoms with van der Waals surface area (Å²) in [7, 11) is 0. The van der Waals surface area contributed by atoms with Gasteiger partial charge in [-0.3, -0.25) is 0 Å². The van der Waals surface area contributed by atoms with Crippen molar-refractivity contribution in [1.82, 2.24) is 15.0 Å². The second-order valence-corrected chi connectivity index (χ2v) is 9.44. The van der Waals surface area contributed by atoms with Gasteiger partial charge in [-0.15, -0.1) is 0 Å². The van der Waals surface area contributed by atoms with Crippen molar-refractivity contribution in [3.8, 4) is 11.1 Å². The van der Waals surface area contributed by atoms with Crippen LogP contribution in [0.3, 0.4) is 0 Å². The number of nitrogens with one attached hydrogen (secondary N) is 1. The minimum atomic E-state index is -0.266. The Kier molecular flexibility index (Phi) is 4.86. The predicted octanol–water partition coefficient (Wildman–Crippen LogP) is 1.32. The zero-order chi connectivity index (χ0) is 19.8. The summed E-state index contributed by atoms with van der Waals surface area (Å²) in [6.07, 6.45) is 5.72. The van der Waals surface area contributed by atoms with E-state index in [0.29, 0.717) is 17.4 Å². The number of benzene rings is 1. The van der Waals surface area contributed by atoms with Crippen molar-refractivity contribution in [2.24, 2.45) is 11.1 Å². The Morgan fingerprint density at radius 2 is 1.97 bits per heavy atom. The van der Waals surface area contributed by atoms with Crippen molar-refractivity contribution in [2.75, 3.05) is 5.32 Å². The number of hydrogen-bond acceptors (Lipinski definition) is 6. The molecule has 1 aromatic carbocycles. The summed E-state index contributed by atoms with van der Waals surface area (Å²) in [5, 5.41) is 8.55. The molecule has 3 aromatic rings. The van der Waals surface area contributed by atoms with Crippen molar-refractivity contribution in [1.29, 1.82) is 0 Å². The Morgan fingerprint density at radius 1 is 1.14 bits per heavy atom. The number of rotatable bonds is 5. The van der Waals surface area contributed by atoms with E-state index in [-0.39, 0.29) is 33.1 Å². The molecule has 1 atom stereocenters. The number of oxime groups is 1. The SMILES string of the molecule is CC(Nc1ncnc2ncc(-c3ccc(F)cc3)cc12)C1=C[I-]C(C2CC2)=NO1. The van der Waals surface area contributed by atoms with Crippen molar-refractivity contribution in [3.05, 3.63) is 58.5 Å². The molecule has 8 heteroatoms. The molecule has 0 radical (unpaired) electrons. The van der Waals surface area contributed by atoms with Gasteiger partial charge >= 0.3 is 173 Å². The summed E-state index contributed by atoms with van der Waals surface area (Å²) in [6, 6.07) is 8.24. The third-order valence-corrected chi connectivity index (χ3v) is 7.51. The number of nitrogens with zero attached hydrogens (tertiary/aromatic N) is 4. The topological polar surface area (TPSA) is 72.3 Å². The van der Waals surface area contributed by atoms with E-state index in [1.54, 1.807) is 18.3 Å². The number of pyridine rings is 1. The van der Waals surface area contributed by atoms with Crippen LogP contribution in [0.25, 0.3) is 22.2 Å². The molecule has 0 saturated heterocycles. The van der Waals surface area contributed by atoms with E-state index in [1.807, 2.05) is 13.0 Å². The van der Waals surface area contributed by atoms with Crippen molar-refractivity contribution in [3.63, 3.8) is 0 Å². The molecule has 148 valence electrons. The first kappa shape index (κ1) is 18.4. The average molecular weight is 502 g/mol. The van der Waals surface area contributed by atoms with Gasteiger partial charge in [-0.05, 0) is 0 Å². The summed E-state index contributed by atoms with van der Waals surface area (Å²) < 4.78 is 16.7. The van der Waals surface area contributed by atoms with Crippen LogP contribution in [0.1, 0.15) is 19.8 Å². The molecule has 29 heavy (non-hydrogen) atoms. The molecule has 6 nitrogen and oxygen atoms in total. The zero-order valence-corrected chi connectivity index (χ0v) is 17.8. The summed E-state index contributed by atoms with van der Waals surface area (Å²) in [5.41, 5.74) is 2.36. The first-order valence-corrected chi connectivity index (χ1v) is 11.7. The van der Waals surface area contributed by atoms with Crippen LogP contribution < -0.4 is 26.5 Å². The van der Waals surface area contributed by atoms with E-state index in [4.69, 9.17) is 4.84 Å². The standard InChI is InChI=1S/C21H18FIN5O/c1-12(18-9-23-19(28-29-18)14-2-3-14)27-21-17-8-15(10-24-20(17)25-11-26-21)13-4-6-16(22)7-5-13/h4-12,14H,2-3H2,1H3,(H,24,25,26,27)/q-1. The Morgan fingerprint density at radius 3 is 2.69 bits per heavy atom. The molecule has 3 heterocycles.